The first-order chi connectivity index (χ1) is 14.3. The highest BCUT2D eigenvalue weighted by atomic mass is 19.4. The zero-order valence-electron chi connectivity index (χ0n) is 15.9. The number of carbonyl (C=O) groups excluding carboxylic acids is 2. The van der Waals surface area contributed by atoms with E-state index in [9.17, 15) is 22.8 Å². The molecule has 0 aromatic heterocycles. The second-order valence-corrected chi connectivity index (χ2v) is 7.17. The largest absolute Gasteiger partial charge is 0.406 e. The van der Waals surface area contributed by atoms with Crippen molar-refractivity contribution in [3.8, 4) is 0 Å². The van der Waals surface area contributed by atoms with Crippen LogP contribution in [0.1, 0.15) is 18.4 Å². The third kappa shape index (κ3) is 3.52. The molecule has 0 saturated carbocycles. The van der Waals surface area contributed by atoms with Crippen LogP contribution in [-0.4, -0.2) is 35.2 Å². The highest BCUT2D eigenvalue weighted by molar-refractivity contribution is 6.23. The Balaban J connectivity index is 1.67. The van der Waals surface area contributed by atoms with E-state index in [1.54, 1.807) is 60.7 Å². The molecule has 30 heavy (non-hydrogen) atoms. The van der Waals surface area contributed by atoms with Crippen LogP contribution in [0.3, 0.4) is 0 Å². The van der Waals surface area contributed by atoms with Crippen molar-refractivity contribution >= 4 is 17.5 Å². The van der Waals surface area contributed by atoms with Gasteiger partial charge in [0.1, 0.15) is 17.8 Å². The number of nitrogens with one attached hydrogen (secondary N) is 3. The minimum absolute atomic E-state index is 0.222. The maximum atomic E-state index is 13.8. The lowest BCUT2D eigenvalue weighted by Gasteiger charge is -2.34. The van der Waals surface area contributed by atoms with Crippen LogP contribution in [0.2, 0.25) is 0 Å². The average Bonchev–Trinajstić information content (AvgIpc) is 3.09. The maximum absolute atomic E-state index is 13.8. The van der Waals surface area contributed by atoms with Gasteiger partial charge in [-0.3, -0.25) is 9.59 Å². The molecule has 0 spiro atoms. The molecular weight excluding hydrogens is 397 g/mol. The van der Waals surface area contributed by atoms with Crippen LogP contribution in [0.25, 0.3) is 0 Å². The van der Waals surface area contributed by atoms with E-state index in [0.717, 1.165) is 5.01 Å². The van der Waals surface area contributed by atoms with E-state index in [4.69, 9.17) is 0 Å². The Hall–Kier alpha value is -3.33. The fraction of sp³-hybridized carbons (Fsp3) is 0.238. The summed E-state index contributed by atoms with van der Waals surface area (Å²) in [5, 5.41) is 6.42. The quantitative estimate of drug-likeness (QED) is 0.673. The standard InChI is InChI=1S/C21H19F3N4O2/c1-12-15(19(29)26-14-10-6-3-7-11-14)20(30)28-18(25-12)16(13-8-4-2-5-9-13)17(27-28)21(22,23)24/h2-11,16-18,25,27H,1H3,(H,26,29). The Morgan fingerprint density at radius 3 is 2.23 bits per heavy atom. The van der Waals surface area contributed by atoms with Crippen molar-refractivity contribution in [2.75, 3.05) is 5.32 Å². The molecule has 0 bridgehead atoms. The van der Waals surface area contributed by atoms with Gasteiger partial charge in [0.15, 0.2) is 0 Å². The second-order valence-electron chi connectivity index (χ2n) is 7.17. The molecule has 2 aromatic rings. The second kappa shape index (κ2) is 7.49. The molecule has 2 aliphatic rings. The van der Waals surface area contributed by atoms with Crippen molar-refractivity contribution in [3.63, 3.8) is 0 Å². The summed E-state index contributed by atoms with van der Waals surface area (Å²) in [7, 11) is 0. The first kappa shape index (κ1) is 20.0. The summed E-state index contributed by atoms with van der Waals surface area (Å²) in [6, 6.07) is 14.7. The predicted molar refractivity (Wildman–Crippen MR) is 104 cm³/mol. The zero-order chi connectivity index (χ0) is 21.5. The van der Waals surface area contributed by atoms with Gasteiger partial charge in [0.2, 0.25) is 0 Å². The van der Waals surface area contributed by atoms with Gasteiger partial charge in [0.25, 0.3) is 11.8 Å². The van der Waals surface area contributed by atoms with E-state index >= 15 is 0 Å². The highest BCUT2D eigenvalue weighted by Gasteiger charge is 2.58. The first-order valence-corrected chi connectivity index (χ1v) is 9.32. The molecule has 9 heteroatoms. The molecule has 2 aromatic carbocycles. The maximum Gasteiger partial charge on any atom is 0.406 e. The summed E-state index contributed by atoms with van der Waals surface area (Å²) in [6.45, 7) is 1.51. The van der Waals surface area contributed by atoms with Crippen LogP contribution >= 0.6 is 0 Å². The van der Waals surface area contributed by atoms with Crippen molar-refractivity contribution in [2.45, 2.75) is 31.2 Å². The van der Waals surface area contributed by atoms with Crippen LogP contribution in [0.4, 0.5) is 18.9 Å². The number of fused-ring (bicyclic) bond motifs is 1. The van der Waals surface area contributed by atoms with Gasteiger partial charge in [-0.25, -0.2) is 10.4 Å². The SMILES string of the molecule is CC1=C(C(=O)Nc2ccccc2)C(=O)N2NC(C(F)(F)F)C(c3ccccc3)C2N1. The van der Waals surface area contributed by atoms with Gasteiger partial charge in [0, 0.05) is 11.4 Å². The molecule has 2 heterocycles. The fourth-order valence-corrected chi connectivity index (χ4v) is 3.88. The molecule has 2 aliphatic heterocycles. The molecule has 3 N–H and O–H groups in total. The Kier molecular flexibility index (Phi) is 4.98. The van der Waals surface area contributed by atoms with Crippen LogP contribution in [0.5, 0.6) is 0 Å². The molecule has 4 rings (SSSR count). The molecule has 3 unspecified atom stereocenters. The summed E-state index contributed by atoms with van der Waals surface area (Å²) in [5.41, 5.74) is 3.18. The Morgan fingerprint density at radius 1 is 1.03 bits per heavy atom. The molecule has 1 saturated heterocycles. The van der Waals surface area contributed by atoms with E-state index in [-0.39, 0.29) is 11.3 Å². The zero-order valence-corrected chi connectivity index (χ0v) is 15.9. The summed E-state index contributed by atoms with van der Waals surface area (Å²) in [6.07, 6.45) is -5.58. The first-order valence-electron chi connectivity index (χ1n) is 9.32. The smallest absolute Gasteiger partial charge is 0.366 e. The van der Waals surface area contributed by atoms with Crippen LogP contribution in [0, 0.1) is 0 Å². The van der Waals surface area contributed by atoms with Crippen LogP contribution < -0.4 is 16.1 Å². The monoisotopic (exact) mass is 416 g/mol. The van der Waals surface area contributed by atoms with Crippen LogP contribution in [-0.2, 0) is 9.59 Å². The van der Waals surface area contributed by atoms with E-state index < -0.39 is 36.1 Å². The fourth-order valence-electron chi connectivity index (χ4n) is 3.88. The number of alkyl halides is 3. The van der Waals surface area contributed by atoms with Crippen molar-refractivity contribution in [2.24, 2.45) is 0 Å². The van der Waals surface area contributed by atoms with Gasteiger partial charge in [-0.1, -0.05) is 48.5 Å². The molecule has 6 nitrogen and oxygen atoms in total. The number of hydrazine groups is 1. The summed E-state index contributed by atoms with van der Waals surface area (Å²) in [5.74, 6) is -2.58. The Bertz CT molecular complexity index is 992. The summed E-state index contributed by atoms with van der Waals surface area (Å²) < 4.78 is 41.3. The van der Waals surface area contributed by atoms with Gasteiger partial charge < -0.3 is 10.6 Å². The van der Waals surface area contributed by atoms with Gasteiger partial charge in [-0.05, 0) is 24.6 Å². The third-order valence-electron chi connectivity index (χ3n) is 5.22. The lowest BCUT2D eigenvalue weighted by atomic mass is 9.89. The number of para-hydroxylation sites is 1. The molecule has 0 aliphatic carbocycles. The Labute approximate surface area is 170 Å². The van der Waals surface area contributed by atoms with Crippen molar-refractivity contribution in [1.29, 1.82) is 0 Å². The Morgan fingerprint density at radius 2 is 1.63 bits per heavy atom. The number of carbonyl (C=O) groups is 2. The number of hydrogen-bond acceptors (Lipinski definition) is 4. The minimum atomic E-state index is -4.60. The van der Waals surface area contributed by atoms with Crippen LogP contribution in [0.15, 0.2) is 71.9 Å². The van der Waals surface area contributed by atoms with Gasteiger partial charge in [0.05, 0.1) is 5.92 Å². The van der Waals surface area contributed by atoms with Crippen molar-refractivity contribution in [1.82, 2.24) is 15.8 Å². The highest BCUT2D eigenvalue weighted by Crippen LogP contribution is 2.41. The third-order valence-corrected chi connectivity index (χ3v) is 5.22. The summed E-state index contributed by atoms with van der Waals surface area (Å²) in [4.78, 5) is 25.7. The minimum Gasteiger partial charge on any atom is -0.366 e. The molecule has 3 atom stereocenters. The van der Waals surface area contributed by atoms with Gasteiger partial charge in [-0.2, -0.15) is 13.2 Å². The molecule has 156 valence electrons. The lowest BCUT2D eigenvalue weighted by molar-refractivity contribution is -0.161. The average molecular weight is 416 g/mol. The summed E-state index contributed by atoms with van der Waals surface area (Å²) >= 11 is 0. The topological polar surface area (TPSA) is 73.5 Å². The number of hydrogen-bond donors (Lipinski definition) is 3. The van der Waals surface area contributed by atoms with Crippen molar-refractivity contribution < 1.29 is 22.8 Å². The van der Waals surface area contributed by atoms with E-state index in [0.29, 0.717) is 11.3 Å². The predicted octanol–water partition coefficient (Wildman–Crippen LogP) is 2.89. The van der Waals surface area contributed by atoms with Gasteiger partial charge >= 0.3 is 6.18 Å². The normalized spacial score (nSPS) is 23.8. The number of anilines is 1. The van der Waals surface area contributed by atoms with Gasteiger partial charge in [-0.15, -0.1) is 0 Å². The molecule has 0 radical (unpaired) electrons. The number of nitrogens with zero attached hydrogens (tertiary/aromatic N) is 1. The number of rotatable bonds is 3. The van der Waals surface area contributed by atoms with E-state index in [1.165, 1.54) is 6.92 Å². The number of halogens is 3. The number of amides is 2. The van der Waals surface area contributed by atoms with E-state index in [1.807, 2.05) is 0 Å². The molecular formula is C21H19F3N4O2. The van der Waals surface area contributed by atoms with E-state index in [2.05, 4.69) is 16.1 Å². The lowest BCUT2D eigenvalue weighted by Crippen LogP contribution is -2.56. The molecule has 1 fully saturated rings. The number of allylic oxidation sites excluding steroid dienone is 1. The van der Waals surface area contributed by atoms with Crippen molar-refractivity contribution in [3.05, 3.63) is 77.5 Å². The molecule has 2 amide bonds. The number of benzene rings is 2.